The highest BCUT2D eigenvalue weighted by atomic mass is 19.1. The number of tetrazole rings is 1. The summed E-state index contributed by atoms with van der Waals surface area (Å²) in [5.74, 6) is -1.32. The van der Waals surface area contributed by atoms with E-state index in [9.17, 15) is 8.78 Å². The van der Waals surface area contributed by atoms with Gasteiger partial charge in [0, 0.05) is 12.7 Å². The lowest BCUT2D eigenvalue weighted by Crippen LogP contribution is -2.23. The monoisotopic (exact) mass is 281 g/mol. The summed E-state index contributed by atoms with van der Waals surface area (Å²) in [6, 6.07) is 1.89. The Morgan fingerprint density at radius 1 is 1.30 bits per heavy atom. The van der Waals surface area contributed by atoms with Gasteiger partial charge in [-0.25, -0.2) is 13.5 Å². The summed E-state index contributed by atoms with van der Waals surface area (Å²) >= 11 is 0. The molecule has 3 rings (SSSR count). The largest absolute Gasteiger partial charge is 0.396 e. The van der Waals surface area contributed by atoms with Gasteiger partial charge in [0.2, 0.25) is 0 Å². The summed E-state index contributed by atoms with van der Waals surface area (Å²) in [5.41, 5.74) is 5.42. The van der Waals surface area contributed by atoms with Gasteiger partial charge in [-0.3, -0.25) is 0 Å². The Morgan fingerprint density at radius 2 is 2.15 bits per heavy atom. The van der Waals surface area contributed by atoms with Crippen LogP contribution in [0.1, 0.15) is 18.9 Å². The van der Waals surface area contributed by atoms with Crippen LogP contribution in [0.3, 0.4) is 0 Å². The van der Waals surface area contributed by atoms with Gasteiger partial charge in [0.1, 0.15) is 11.6 Å². The summed E-state index contributed by atoms with van der Waals surface area (Å²) in [7, 11) is 0. The van der Waals surface area contributed by atoms with Gasteiger partial charge in [-0.15, -0.1) is 5.10 Å². The zero-order chi connectivity index (χ0) is 14.1. The number of anilines is 1. The molecule has 0 aliphatic carbocycles. The molecule has 0 saturated carbocycles. The average molecular weight is 281 g/mol. The van der Waals surface area contributed by atoms with Crippen LogP contribution < -0.4 is 5.73 Å². The van der Waals surface area contributed by atoms with E-state index < -0.39 is 11.6 Å². The van der Waals surface area contributed by atoms with Gasteiger partial charge in [-0.1, -0.05) is 0 Å². The number of hydrogen-bond donors (Lipinski definition) is 1. The first-order valence-corrected chi connectivity index (χ1v) is 6.27. The van der Waals surface area contributed by atoms with E-state index in [4.69, 9.17) is 10.5 Å². The number of benzene rings is 1. The molecule has 0 amide bonds. The van der Waals surface area contributed by atoms with Crippen LogP contribution in [0.25, 0.3) is 11.4 Å². The topological polar surface area (TPSA) is 78.9 Å². The minimum absolute atomic E-state index is 0.0561. The molecule has 6 nitrogen and oxygen atoms in total. The standard InChI is InChI=1S/C12H13F2N5O/c13-9-5-10(14)11(15)4-8(9)12-16-17-18-19(12)7-2-1-3-20-6-7/h4-5,7H,1-3,6,15H2. The first kappa shape index (κ1) is 12.9. The SMILES string of the molecule is Nc1cc(-c2nnnn2C2CCCOC2)c(F)cc1F. The lowest BCUT2D eigenvalue weighted by molar-refractivity contribution is 0.0548. The summed E-state index contributed by atoms with van der Waals surface area (Å²) < 4.78 is 34.0. The smallest absolute Gasteiger partial charge is 0.185 e. The zero-order valence-electron chi connectivity index (χ0n) is 10.6. The minimum atomic E-state index is -0.800. The fourth-order valence-corrected chi connectivity index (χ4v) is 2.27. The molecule has 8 heteroatoms. The maximum atomic E-state index is 13.9. The molecule has 2 N–H and O–H groups in total. The van der Waals surface area contributed by atoms with Crippen LogP contribution in [0.15, 0.2) is 12.1 Å². The second-order valence-electron chi connectivity index (χ2n) is 4.67. The first-order valence-electron chi connectivity index (χ1n) is 6.27. The molecule has 20 heavy (non-hydrogen) atoms. The molecule has 1 atom stereocenters. The highest BCUT2D eigenvalue weighted by molar-refractivity contribution is 5.62. The third-order valence-electron chi connectivity index (χ3n) is 3.30. The van der Waals surface area contributed by atoms with E-state index >= 15 is 0 Å². The molecule has 1 aliphatic heterocycles. The van der Waals surface area contributed by atoms with Gasteiger partial charge in [0.25, 0.3) is 0 Å². The van der Waals surface area contributed by atoms with Gasteiger partial charge in [0.15, 0.2) is 5.82 Å². The highest BCUT2D eigenvalue weighted by Gasteiger charge is 2.23. The van der Waals surface area contributed by atoms with Crippen molar-refractivity contribution in [1.82, 2.24) is 20.2 Å². The molecule has 106 valence electrons. The fraction of sp³-hybridized carbons (Fsp3) is 0.417. The summed E-state index contributed by atoms with van der Waals surface area (Å²) in [6.07, 6.45) is 1.73. The third-order valence-corrected chi connectivity index (χ3v) is 3.30. The lowest BCUT2D eigenvalue weighted by atomic mass is 10.1. The van der Waals surface area contributed by atoms with Crippen molar-refractivity contribution in [2.75, 3.05) is 18.9 Å². The summed E-state index contributed by atoms with van der Waals surface area (Å²) in [5, 5.41) is 11.3. The number of aromatic nitrogens is 4. The molecule has 0 bridgehead atoms. The number of halogens is 2. The quantitative estimate of drug-likeness (QED) is 0.845. The van der Waals surface area contributed by atoms with Crippen molar-refractivity contribution in [2.45, 2.75) is 18.9 Å². The van der Waals surface area contributed by atoms with E-state index in [1.165, 1.54) is 10.7 Å². The van der Waals surface area contributed by atoms with Crippen LogP contribution in [0, 0.1) is 11.6 Å². The molecule has 0 radical (unpaired) electrons. The van der Waals surface area contributed by atoms with Crippen molar-refractivity contribution >= 4 is 5.69 Å². The van der Waals surface area contributed by atoms with Crippen LogP contribution in [-0.2, 0) is 4.74 Å². The Balaban J connectivity index is 2.03. The second-order valence-corrected chi connectivity index (χ2v) is 4.67. The summed E-state index contributed by atoms with van der Waals surface area (Å²) in [4.78, 5) is 0. The second kappa shape index (κ2) is 5.12. The fourth-order valence-electron chi connectivity index (χ4n) is 2.27. The number of nitrogens with two attached hydrogens (primary N) is 1. The Labute approximate surface area is 113 Å². The number of rotatable bonds is 2. The van der Waals surface area contributed by atoms with Crippen LogP contribution >= 0.6 is 0 Å². The Morgan fingerprint density at radius 3 is 2.90 bits per heavy atom. The Hall–Kier alpha value is -2.09. The molecule has 1 fully saturated rings. The molecule has 1 aromatic heterocycles. The van der Waals surface area contributed by atoms with Crippen LogP contribution in [0.2, 0.25) is 0 Å². The van der Waals surface area contributed by atoms with Crippen molar-refractivity contribution in [1.29, 1.82) is 0 Å². The van der Waals surface area contributed by atoms with Crippen molar-refractivity contribution in [3.63, 3.8) is 0 Å². The lowest BCUT2D eigenvalue weighted by Gasteiger charge is -2.22. The van der Waals surface area contributed by atoms with E-state index in [2.05, 4.69) is 15.5 Å². The van der Waals surface area contributed by atoms with Crippen molar-refractivity contribution < 1.29 is 13.5 Å². The molecule has 2 aromatic rings. The van der Waals surface area contributed by atoms with Gasteiger partial charge in [-0.2, -0.15) is 0 Å². The van der Waals surface area contributed by atoms with Crippen molar-refractivity contribution in [3.8, 4) is 11.4 Å². The van der Waals surface area contributed by atoms with E-state index in [1.54, 1.807) is 0 Å². The van der Waals surface area contributed by atoms with Gasteiger partial charge < -0.3 is 10.5 Å². The maximum absolute atomic E-state index is 13.9. The minimum Gasteiger partial charge on any atom is -0.396 e. The van der Waals surface area contributed by atoms with Crippen LogP contribution in [-0.4, -0.2) is 33.4 Å². The molecular formula is C12H13F2N5O. The number of ether oxygens (including phenoxy) is 1. The molecule has 1 unspecified atom stereocenters. The molecular weight excluding hydrogens is 268 g/mol. The van der Waals surface area contributed by atoms with E-state index in [0.717, 1.165) is 18.9 Å². The molecule has 2 heterocycles. The normalized spacial score (nSPS) is 19.2. The van der Waals surface area contributed by atoms with E-state index in [1.807, 2.05) is 0 Å². The van der Waals surface area contributed by atoms with Crippen molar-refractivity contribution in [2.24, 2.45) is 0 Å². The molecule has 1 aromatic carbocycles. The first-order chi connectivity index (χ1) is 9.66. The highest BCUT2D eigenvalue weighted by Crippen LogP contribution is 2.28. The Kier molecular flexibility index (Phi) is 3.31. The molecule has 1 aliphatic rings. The number of nitrogens with zero attached hydrogens (tertiary/aromatic N) is 4. The predicted molar refractivity (Wildman–Crippen MR) is 66.7 cm³/mol. The number of nitrogen functional groups attached to an aromatic ring is 1. The predicted octanol–water partition coefficient (Wildman–Crippen LogP) is 1.55. The van der Waals surface area contributed by atoms with Gasteiger partial charge in [-0.05, 0) is 29.3 Å². The zero-order valence-corrected chi connectivity index (χ0v) is 10.6. The average Bonchev–Trinajstić information content (AvgIpc) is 2.93. The maximum Gasteiger partial charge on any atom is 0.185 e. The van der Waals surface area contributed by atoms with Crippen molar-refractivity contribution in [3.05, 3.63) is 23.8 Å². The van der Waals surface area contributed by atoms with Gasteiger partial charge in [0.05, 0.1) is 23.9 Å². The molecule has 0 spiro atoms. The third kappa shape index (κ3) is 2.22. The van der Waals surface area contributed by atoms with Crippen LogP contribution in [0.5, 0.6) is 0 Å². The summed E-state index contributed by atoms with van der Waals surface area (Å²) in [6.45, 7) is 1.17. The van der Waals surface area contributed by atoms with Gasteiger partial charge >= 0.3 is 0 Å². The van der Waals surface area contributed by atoms with E-state index in [0.29, 0.717) is 13.2 Å². The number of hydrogen-bond acceptors (Lipinski definition) is 5. The molecule has 1 saturated heterocycles. The van der Waals surface area contributed by atoms with Crippen LogP contribution in [0.4, 0.5) is 14.5 Å². The van der Waals surface area contributed by atoms with E-state index in [-0.39, 0.29) is 23.1 Å². The Bertz CT molecular complexity index is 624.